The van der Waals surface area contributed by atoms with Crippen molar-refractivity contribution in [3.05, 3.63) is 53.6 Å². The molecule has 0 aliphatic carbocycles. The van der Waals surface area contributed by atoms with Gasteiger partial charge in [-0.2, -0.15) is 0 Å². The molecule has 0 fully saturated rings. The number of hydrogen-bond donors (Lipinski definition) is 2. The molecule has 0 aliphatic heterocycles. The average Bonchev–Trinajstić information content (AvgIpc) is 2.89. The van der Waals surface area contributed by atoms with Gasteiger partial charge >= 0.3 is 0 Å². The Morgan fingerprint density at radius 3 is 2.50 bits per heavy atom. The molecule has 0 saturated carbocycles. The summed E-state index contributed by atoms with van der Waals surface area (Å²) >= 11 is 0. The number of nitrogens with zero attached hydrogens (tertiary/aromatic N) is 3. The molecule has 0 bridgehead atoms. The van der Waals surface area contributed by atoms with Gasteiger partial charge in [-0.25, -0.2) is 26.6 Å². The van der Waals surface area contributed by atoms with E-state index < -0.39 is 22.5 Å². The van der Waals surface area contributed by atoms with Crippen molar-refractivity contribution in [3.8, 4) is 5.69 Å². The molecular formula is C13H10F2N4O2S. The number of halogens is 2. The Morgan fingerprint density at radius 2 is 1.82 bits per heavy atom. The van der Waals surface area contributed by atoms with Crippen molar-refractivity contribution in [1.29, 1.82) is 0 Å². The van der Waals surface area contributed by atoms with Crippen LogP contribution >= 0.6 is 0 Å². The normalized spacial score (nSPS) is 11.4. The Balaban J connectivity index is 2.08. The van der Waals surface area contributed by atoms with Crippen molar-refractivity contribution in [2.24, 2.45) is 0 Å². The summed E-state index contributed by atoms with van der Waals surface area (Å²) in [5, 5.41) is 7.61. The molecule has 3 rings (SSSR count). The number of para-hydroxylation sites is 1. The highest BCUT2D eigenvalue weighted by Crippen LogP contribution is 2.23. The van der Waals surface area contributed by atoms with E-state index >= 15 is 0 Å². The van der Waals surface area contributed by atoms with Crippen molar-refractivity contribution < 1.29 is 17.2 Å². The molecular weight excluding hydrogens is 314 g/mol. The maximum atomic E-state index is 14.2. The van der Waals surface area contributed by atoms with E-state index in [-0.39, 0.29) is 17.8 Å². The van der Waals surface area contributed by atoms with Crippen molar-refractivity contribution in [3.63, 3.8) is 0 Å². The molecule has 6 nitrogen and oxygen atoms in total. The van der Waals surface area contributed by atoms with E-state index in [1.54, 1.807) is 24.3 Å². The second-order valence-corrected chi connectivity index (χ2v) is 5.32. The Bertz CT molecular complexity index is 892. The number of fused-ring (bicyclic) bond motifs is 1. The molecule has 0 spiro atoms. The van der Waals surface area contributed by atoms with Crippen molar-refractivity contribution >= 4 is 21.9 Å². The van der Waals surface area contributed by atoms with Crippen LogP contribution in [0.2, 0.25) is 0 Å². The number of benzene rings is 2. The molecule has 0 atom stereocenters. The minimum Gasteiger partial charge on any atom is -0.216 e. The van der Waals surface area contributed by atoms with Gasteiger partial charge in [0.05, 0.1) is 5.52 Å². The van der Waals surface area contributed by atoms with Gasteiger partial charge in [0.2, 0.25) is 10.9 Å². The molecule has 22 heavy (non-hydrogen) atoms. The van der Waals surface area contributed by atoms with Crippen LogP contribution in [0.4, 0.5) is 8.78 Å². The molecule has 114 valence electrons. The summed E-state index contributed by atoms with van der Waals surface area (Å²) in [6, 6.07) is 8.89. The van der Waals surface area contributed by atoms with Gasteiger partial charge in [0.15, 0.2) is 11.6 Å². The van der Waals surface area contributed by atoms with Crippen LogP contribution in [0.25, 0.3) is 16.7 Å². The average molecular weight is 324 g/mol. The van der Waals surface area contributed by atoms with Crippen LogP contribution in [-0.4, -0.2) is 23.4 Å². The van der Waals surface area contributed by atoms with E-state index in [9.17, 15) is 17.2 Å². The van der Waals surface area contributed by atoms with Gasteiger partial charge in [0.1, 0.15) is 11.2 Å². The fourth-order valence-electron chi connectivity index (χ4n) is 2.11. The van der Waals surface area contributed by atoms with Gasteiger partial charge in [-0.15, -0.1) is 5.10 Å². The van der Waals surface area contributed by atoms with E-state index in [2.05, 4.69) is 15.0 Å². The van der Waals surface area contributed by atoms with Crippen LogP contribution in [0, 0.1) is 11.6 Å². The minimum atomic E-state index is -2.83. The Hall–Kier alpha value is -2.39. The molecule has 2 aromatic carbocycles. The fraction of sp³-hybridized carbons (Fsp3) is 0.0769. The third-order valence-corrected chi connectivity index (χ3v) is 3.47. The van der Waals surface area contributed by atoms with Crippen LogP contribution in [0.5, 0.6) is 0 Å². The number of aromatic nitrogens is 3. The lowest BCUT2D eigenvalue weighted by atomic mass is 10.2. The van der Waals surface area contributed by atoms with Crippen LogP contribution < -0.4 is 4.72 Å². The van der Waals surface area contributed by atoms with E-state index in [0.717, 1.165) is 16.8 Å². The summed E-state index contributed by atoms with van der Waals surface area (Å²) < 4.78 is 52.5. The lowest BCUT2D eigenvalue weighted by molar-refractivity contribution is 0.554. The summed E-state index contributed by atoms with van der Waals surface area (Å²) in [6.07, 6.45) is 0. The van der Waals surface area contributed by atoms with Crippen molar-refractivity contribution in [2.45, 2.75) is 6.54 Å². The smallest absolute Gasteiger partial charge is 0.201 e. The summed E-state index contributed by atoms with van der Waals surface area (Å²) in [6.45, 7) is -0.190. The fourth-order valence-corrected chi connectivity index (χ4v) is 2.42. The predicted molar refractivity (Wildman–Crippen MR) is 75.9 cm³/mol. The number of rotatable bonds is 4. The van der Waals surface area contributed by atoms with E-state index in [0.29, 0.717) is 11.0 Å². The maximum Gasteiger partial charge on any atom is 0.201 e. The van der Waals surface area contributed by atoms with Crippen molar-refractivity contribution in [2.75, 3.05) is 0 Å². The van der Waals surface area contributed by atoms with E-state index in [4.69, 9.17) is 0 Å². The topological polar surface area (TPSA) is 76.9 Å². The lowest BCUT2D eigenvalue weighted by Crippen LogP contribution is -2.12. The zero-order valence-electron chi connectivity index (χ0n) is 11.0. The van der Waals surface area contributed by atoms with Gasteiger partial charge in [-0.05, 0) is 29.8 Å². The van der Waals surface area contributed by atoms with Gasteiger partial charge in [0, 0.05) is 6.54 Å². The van der Waals surface area contributed by atoms with Crippen LogP contribution in [0.15, 0.2) is 36.4 Å². The van der Waals surface area contributed by atoms with E-state index in [1.807, 2.05) is 0 Å². The van der Waals surface area contributed by atoms with Crippen molar-refractivity contribution in [1.82, 2.24) is 19.7 Å². The molecule has 0 radical (unpaired) electrons. The lowest BCUT2D eigenvalue weighted by Gasteiger charge is -2.08. The zero-order chi connectivity index (χ0) is 15.7. The highest BCUT2D eigenvalue weighted by molar-refractivity contribution is 7.70. The summed E-state index contributed by atoms with van der Waals surface area (Å²) in [7, 11) is -2.83. The molecule has 1 heterocycles. The molecule has 3 aromatic rings. The second-order valence-electron chi connectivity index (χ2n) is 4.49. The van der Waals surface area contributed by atoms with Crippen LogP contribution in [0.3, 0.4) is 0 Å². The minimum absolute atomic E-state index is 0.169. The van der Waals surface area contributed by atoms with Gasteiger partial charge in [-0.1, -0.05) is 17.3 Å². The zero-order valence-corrected chi connectivity index (χ0v) is 11.9. The monoisotopic (exact) mass is 324 g/mol. The highest BCUT2D eigenvalue weighted by atomic mass is 32.2. The third kappa shape index (κ3) is 2.68. The SMILES string of the molecule is O=[SH](=O)NCc1cc(F)c(-n2nnc3ccccc32)c(F)c1. The predicted octanol–water partition coefficient (Wildman–Crippen LogP) is 1.31. The van der Waals surface area contributed by atoms with Crippen LogP contribution in [-0.2, 0) is 17.4 Å². The molecule has 1 aromatic heterocycles. The van der Waals surface area contributed by atoms with Gasteiger partial charge in [0.25, 0.3) is 0 Å². The molecule has 0 amide bonds. The maximum absolute atomic E-state index is 14.2. The van der Waals surface area contributed by atoms with Gasteiger partial charge < -0.3 is 0 Å². The first-order valence-corrected chi connectivity index (χ1v) is 7.40. The summed E-state index contributed by atoms with van der Waals surface area (Å²) in [5.41, 5.74) is 0.788. The summed E-state index contributed by atoms with van der Waals surface area (Å²) in [4.78, 5) is 0. The Kier molecular flexibility index (Phi) is 3.82. The van der Waals surface area contributed by atoms with Crippen LogP contribution in [0.1, 0.15) is 5.56 Å². The number of thiol groups is 1. The Morgan fingerprint density at radius 1 is 1.14 bits per heavy atom. The first-order valence-electron chi connectivity index (χ1n) is 6.23. The quantitative estimate of drug-likeness (QED) is 0.710. The first-order chi connectivity index (χ1) is 10.6. The first kappa shape index (κ1) is 14.5. The standard InChI is InChI=1S/C13H10F2N4O2S/c14-9-5-8(7-16-22(20)21)6-10(15)13(9)19-12-4-2-1-3-11(12)17-18-19/h1-6,22H,7H2,(H,16,20,21). The molecule has 9 heteroatoms. The molecule has 1 N–H and O–H groups in total. The highest BCUT2D eigenvalue weighted by Gasteiger charge is 2.17. The largest absolute Gasteiger partial charge is 0.216 e. The molecule has 0 saturated heterocycles. The van der Waals surface area contributed by atoms with Gasteiger partial charge in [-0.3, -0.25) is 0 Å². The van der Waals surface area contributed by atoms with E-state index in [1.165, 1.54) is 0 Å². The third-order valence-electron chi connectivity index (χ3n) is 3.05. The second kappa shape index (κ2) is 5.78. The molecule has 0 aliphatic rings. The molecule has 0 unspecified atom stereocenters. The summed E-state index contributed by atoms with van der Waals surface area (Å²) in [5.74, 6) is -1.71. The number of hydrogen-bond acceptors (Lipinski definition) is 4. The Labute approximate surface area is 125 Å². The number of nitrogens with one attached hydrogen (secondary N) is 1.